The van der Waals surface area contributed by atoms with Crippen LogP contribution in [0.2, 0.25) is 5.02 Å². The number of aromatic nitrogens is 1. The third kappa shape index (κ3) is 3.09. The summed E-state index contributed by atoms with van der Waals surface area (Å²) in [6, 6.07) is 5.60. The average molecular weight is 307 g/mol. The van der Waals surface area contributed by atoms with Crippen LogP contribution in [0.5, 0.6) is 11.6 Å². The van der Waals surface area contributed by atoms with Gasteiger partial charge in [-0.25, -0.2) is 4.98 Å². The molecule has 1 heterocycles. The van der Waals surface area contributed by atoms with Crippen LogP contribution < -0.4 is 10.5 Å². The van der Waals surface area contributed by atoms with E-state index >= 15 is 0 Å². The molecular weight excluding hydrogens is 296 g/mol. The van der Waals surface area contributed by atoms with Gasteiger partial charge in [-0.2, -0.15) is 0 Å². The van der Waals surface area contributed by atoms with Crippen molar-refractivity contribution < 1.29 is 9.66 Å². The number of nitrogens with one attached hydrogen (secondary N) is 1. The normalized spacial score (nSPS) is 10.2. The van der Waals surface area contributed by atoms with Crippen molar-refractivity contribution in [1.29, 1.82) is 5.41 Å². The predicted octanol–water partition coefficient (Wildman–Crippen LogP) is 3.03. The summed E-state index contributed by atoms with van der Waals surface area (Å²) in [4.78, 5) is 14.4. The molecule has 21 heavy (non-hydrogen) atoms. The fraction of sp³-hybridized carbons (Fsp3) is 0.0769. The highest BCUT2D eigenvalue weighted by Gasteiger charge is 2.19. The summed E-state index contributed by atoms with van der Waals surface area (Å²) in [6.07, 6.45) is 1.47. The van der Waals surface area contributed by atoms with Gasteiger partial charge in [-0.1, -0.05) is 11.6 Å². The largest absolute Gasteiger partial charge is 0.431 e. The molecular formula is C13H11ClN4O3. The van der Waals surface area contributed by atoms with E-state index in [0.29, 0.717) is 5.56 Å². The number of nitro benzene ring substituents is 1. The van der Waals surface area contributed by atoms with E-state index in [1.54, 1.807) is 13.0 Å². The number of nitrogens with zero attached hydrogens (tertiary/aromatic N) is 2. The number of aryl methyl sites for hydroxylation is 1. The van der Waals surface area contributed by atoms with E-state index in [0.717, 1.165) is 0 Å². The lowest BCUT2D eigenvalue weighted by molar-refractivity contribution is -0.385. The van der Waals surface area contributed by atoms with Gasteiger partial charge < -0.3 is 10.5 Å². The Kier molecular flexibility index (Phi) is 4.04. The molecule has 0 unspecified atom stereocenters. The third-order valence-electron chi connectivity index (χ3n) is 2.72. The quantitative estimate of drug-likeness (QED) is 0.390. The smallest absolute Gasteiger partial charge is 0.311 e. The molecule has 3 N–H and O–H groups in total. The van der Waals surface area contributed by atoms with Gasteiger partial charge in [-0.15, -0.1) is 0 Å². The summed E-state index contributed by atoms with van der Waals surface area (Å²) >= 11 is 5.83. The Labute approximate surface area is 125 Å². The van der Waals surface area contributed by atoms with Gasteiger partial charge in [-0.05, 0) is 24.6 Å². The van der Waals surface area contributed by atoms with Crippen molar-refractivity contribution in [3.05, 3.63) is 56.7 Å². The maximum absolute atomic E-state index is 11.0. The SMILES string of the molecule is Cc1ccnc(Oc2cc(Cl)ccc2[N+](=O)[O-])c1C(=N)N. The Morgan fingerprint density at radius 3 is 2.81 bits per heavy atom. The predicted molar refractivity (Wildman–Crippen MR) is 78.2 cm³/mol. The van der Waals surface area contributed by atoms with Crippen LogP contribution in [0.3, 0.4) is 0 Å². The molecule has 2 rings (SSSR count). The minimum Gasteiger partial charge on any atom is -0.431 e. The Bertz CT molecular complexity index is 733. The molecule has 7 nitrogen and oxygen atoms in total. The summed E-state index contributed by atoms with van der Waals surface area (Å²) in [7, 11) is 0. The van der Waals surface area contributed by atoms with Gasteiger partial charge in [-0.3, -0.25) is 15.5 Å². The standard InChI is InChI=1S/C13H11ClN4O3/c1-7-4-5-17-13(11(7)12(15)16)21-10-6-8(14)2-3-9(10)18(19)20/h2-6H,1H3,(H3,15,16). The summed E-state index contributed by atoms with van der Waals surface area (Å²) in [5, 5.41) is 18.9. The minimum absolute atomic E-state index is 0.0212. The van der Waals surface area contributed by atoms with E-state index in [4.69, 9.17) is 27.5 Å². The highest BCUT2D eigenvalue weighted by molar-refractivity contribution is 6.30. The minimum atomic E-state index is -0.588. The Morgan fingerprint density at radius 2 is 2.19 bits per heavy atom. The first-order valence-electron chi connectivity index (χ1n) is 5.82. The molecule has 0 amide bonds. The summed E-state index contributed by atoms with van der Waals surface area (Å²) in [6.45, 7) is 1.73. The van der Waals surface area contributed by atoms with Crippen molar-refractivity contribution in [3.63, 3.8) is 0 Å². The monoisotopic (exact) mass is 306 g/mol. The average Bonchev–Trinajstić information content (AvgIpc) is 2.37. The number of hydrogen-bond donors (Lipinski definition) is 2. The van der Waals surface area contributed by atoms with Gasteiger partial charge in [0, 0.05) is 23.4 Å². The third-order valence-corrected chi connectivity index (χ3v) is 2.95. The molecule has 0 radical (unpaired) electrons. The van der Waals surface area contributed by atoms with Gasteiger partial charge in [0.2, 0.25) is 11.6 Å². The summed E-state index contributed by atoms with van der Waals surface area (Å²) < 4.78 is 5.47. The molecule has 0 saturated heterocycles. The molecule has 0 atom stereocenters. The first-order valence-corrected chi connectivity index (χ1v) is 6.19. The second-order valence-electron chi connectivity index (χ2n) is 4.19. The van der Waals surface area contributed by atoms with Crippen molar-refractivity contribution in [2.24, 2.45) is 5.73 Å². The zero-order valence-electron chi connectivity index (χ0n) is 11.0. The van der Waals surface area contributed by atoms with Crippen LogP contribution >= 0.6 is 11.6 Å². The van der Waals surface area contributed by atoms with Crippen molar-refractivity contribution >= 4 is 23.1 Å². The molecule has 8 heteroatoms. The topological polar surface area (TPSA) is 115 Å². The fourth-order valence-corrected chi connectivity index (χ4v) is 1.93. The van der Waals surface area contributed by atoms with Crippen molar-refractivity contribution in [2.45, 2.75) is 6.92 Å². The van der Waals surface area contributed by atoms with E-state index in [9.17, 15) is 10.1 Å². The van der Waals surface area contributed by atoms with Gasteiger partial charge in [0.1, 0.15) is 5.84 Å². The van der Waals surface area contributed by atoms with Crippen LogP contribution in [0.4, 0.5) is 5.69 Å². The second kappa shape index (κ2) is 5.76. The van der Waals surface area contributed by atoms with Gasteiger partial charge >= 0.3 is 5.69 Å². The Hall–Kier alpha value is -2.67. The Balaban J connectivity index is 2.53. The number of halogens is 1. The number of hydrogen-bond acceptors (Lipinski definition) is 5. The number of nitrogen functional groups attached to an aromatic ring is 1. The number of nitro groups is 1. The lowest BCUT2D eigenvalue weighted by Gasteiger charge is -2.11. The molecule has 1 aromatic heterocycles. The molecule has 0 aliphatic rings. The van der Waals surface area contributed by atoms with Crippen LogP contribution in [0.1, 0.15) is 11.1 Å². The van der Waals surface area contributed by atoms with Gasteiger partial charge in [0.05, 0.1) is 10.5 Å². The van der Waals surface area contributed by atoms with Gasteiger partial charge in [0.25, 0.3) is 0 Å². The number of ether oxygens (including phenoxy) is 1. The zero-order chi connectivity index (χ0) is 15.6. The second-order valence-corrected chi connectivity index (χ2v) is 4.63. The maximum Gasteiger partial charge on any atom is 0.311 e. The lowest BCUT2D eigenvalue weighted by atomic mass is 10.1. The van der Waals surface area contributed by atoms with Crippen molar-refractivity contribution in [2.75, 3.05) is 0 Å². The lowest BCUT2D eigenvalue weighted by Crippen LogP contribution is -2.15. The van der Waals surface area contributed by atoms with Crippen LogP contribution in [0, 0.1) is 22.4 Å². The fourth-order valence-electron chi connectivity index (χ4n) is 1.76. The van der Waals surface area contributed by atoms with Crippen LogP contribution in [0.25, 0.3) is 0 Å². The molecule has 1 aromatic carbocycles. The molecule has 0 fully saturated rings. The van der Waals surface area contributed by atoms with E-state index in [-0.39, 0.29) is 33.7 Å². The number of pyridine rings is 1. The first kappa shape index (κ1) is 14.7. The summed E-state index contributed by atoms with van der Waals surface area (Å²) in [5.74, 6) is -0.277. The Morgan fingerprint density at radius 1 is 1.48 bits per heavy atom. The highest BCUT2D eigenvalue weighted by Crippen LogP contribution is 2.34. The highest BCUT2D eigenvalue weighted by atomic mass is 35.5. The van der Waals surface area contributed by atoms with Gasteiger partial charge in [0.15, 0.2) is 0 Å². The van der Waals surface area contributed by atoms with Crippen LogP contribution in [0.15, 0.2) is 30.5 Å². The molecule has 108 valence electrons. The molecule has 0 spiro atoms. The van der Waals surface area contributed by atoms with E-state index in [1.807, 2.05) is 0 Å². The van der Waals surface area contributed by atoms with Crippen LogP contribution in [-0.4, -0.2) is 15.7 Å². The summed E-state index contributed by atoms with van der Waals surface area (Å²) in [5.41, 5.74) is 6.21. The number of benzene rings is 1. The zero-order valence-corrected chi connectivity index (χ0v) is 11.7. The van der Waals surface area contributed by atoms with Crippen molar-refractivity contribution in [1.82, 2.24) is 4.98 Å². The molecule has 0 aliphatic carbocycles. The maximum atomic E-state index is 11.0. The van der Waals surface area contributed by atoms with Crippen LogP contribution in [-0.2, 0) is 0 Å². The molecule has 2 aromatic rings. The van der Waals surface area contributed by atoms with E-state index in [2.05, 4.69) is 4.98 Å². The number of nitrogens with two attached hydrogens (primary N) is 1. The first-order chi connectivity index (χ1) is 9.90. The molecule has 0 bridgehead atoms. The molecule has 0 aliphatic heterocycles. The van der Waals surface area contributed by atoms with Crippen molar-refractivity contribution in [3.8, 4) is 11.6 Å². The molecule has 0 saturated carbocycles. The van der Waals surface area contributed by atoms with E-state index in [1.165, 1.54) is 24.4 Å². The number of amidine groups is 1. The number of rotatable bonds is 4. The van der Waals surface area contributed by atoms with E-state index < -0.39 is 4.92 Å².